The van der Waals surface area contributed by atoms with E-state index < -0.39 is 75.9 Å². The van der Waals surface area contributed by atoms with Gasteiger partial charge < -0.3 is 42.0 Å². The van der Waals surface area contributed by atoms with Gasteiger partial charge in [-0.15, -0.1) is 0 Å². The number of carbonyl (C=O) groups excluding carboxylic acids is 4. The molecule has 0 fully saturated rings. The van der Waals surface area contributed by atoms with Crippen LogP contribution in [0.1, 0.15) is 100 Å². The zero-order valence-corrected chi connectivity index (χ0v) is 38.6. The van der Waals surface area contributed by atoms with Gasteiger partial charge in [0.1, 0.15) is 36.6 Å². The summed E-state index contributed by atoms with van der Waals surface area (Å²) in [5, 5.41) is 11.8. The number of aliphatic imine (C=N–C) groups is 1. The molecule has 348 valence electrons. The molecular formula is C45H67N7O10S. The number of benzene rings is 2. The molecule has 0 bridgehead atoms. The van der Waals surface area contributed by atoms with Gasteiger partial charge >= 0.3 is 11.9 Å². The summed E-state index contributed by atoms with van der Waals surface area (Å²) in [6.07, 6.45) is 3.50. The number of hydrogen-bond donors (Lipinski definition) is 5. The summed E-state index contributed by atoms with van der Waals surface area (Å²) in [6, 6.07) is 4.56. The molecule has 0 aliphatic carbocycles. The van der Waals surface area contributed by atoms with E-state index in [-0.39, 0.29) is 61.8 Å². The predicted octanol–water partition coefficient (Wildman–Crippen LogP) is 3.57. The highest BCUT2D eigenvalue weighted by Crippen LogP contribution is 2.43. The number of hydrogen-bond acceptors (Lipinski definition) is 11. The lowest BCUT2D eigenvalue weighted by atomic mass is 9.88. The number of carbonyl (C=O) groups is 5. The molecule has 3 rings (SSSR count). The van der Waals surface area contributed by atoms with E-state index in [0.29, 0.717) is 58.8 Å². The Morgan fingerprint density at radius 1 is 1.00 bits per heavy atom. The standard InChI is InChI=1S/C45H67N7O10S/c1-9-25-61-37(55)20-14-11-15-24-51(42(57)34(46)26-32-17-12-10-13-18-32)38(28(2)3)43(58)52(35(19-16-23-49-44(47)48)41(56)50-27-36(53)54)63(59,60)40-30(5)29(4)39-33(31(40)6)21-22-45(7,8)62-39/h9-10,12-13,17-18,28,34-35,38H,1,11,14-16,19-27,46H2,2-8H3,(H,50,56)(H,53,54)(H4,47,48,49)/t34-,35-,38-/m0/s1. The number of nitrogens with zero attached hydrogens (tertiary/aromatic N) is 3. The number of esters is 1. The van der Waals surface area contributed by atoms with E-state index in [9.17, 15) is 24.3 Å². The number of sulfonamides is 1. The van der Waals surface area contributed by atoms with Crippen LogP contribution in [-0.4, -0.2) is 108 Å². The van der Waals surface area contributed by atoms with Crippen LogP contribution in [0.3, 0.4) is 0 Å². The number of aliphatic carboxylic acids is 1. The van der Waals surface area contributed by atoms with Gasteiger partial charge in [0.2, 0.25) is 11.8 Å². The SMILES string of the molecule is C=CCOC(=O)CCCCCN(C(=O)[C@@H](N)Cc1ccccc1)[C@H](C(=O)N([C@@H](CCCN=C(N)N)C(=O)NCC(=O)O)S(=O)(=O)c1c(C)c(C)c2c(c1C)CCC(C)(C)O2)C(C)C. The van der Waals surface area contributed by atoms with E-state index in [2.05, 4.69) is 16.9 Å². The highest BCUT2D eigenvalue weighted by molar-refractivity contribution is 7.89. The largest absolute Gasteiger partial charge is 0.487 e. The first-order valence-electron chi connectivity index (χ1n) is 21.4. The average Bonchev–Trinajstić information content (AvgIpc) is 3.20. The summed E-state index contributed by atoms with van der Waals surface area (Å²) in [6.45, 7) is 14.8. The summed E-state index contributed by atoms with van der Waals surface area (Å²) in [5.74, 6) is -5.06. The van der Waals surface area contributed by atoms with E-state index in [1.807, 2.05) is 32.0 Å². The Kier molecular flexibility index (Phi) is 19.2. The molecule has 3 atom stereocenters. The lowest BCUT2D eigenvalue weighted by molar-refractivity contribution is -0.148. The molecule has 63 heavy (non-hydrogen) atoms. The number of amides is 3. The van der Waals surface area contributed by atoms with Crippen molar-refractivity contribution >= 4 is 45.6 Å². The number of guanidine groups is 1. The molecule has 2 aromatic carbocycles. The van der Waals surface area contributed by atoms with Crippen LogP contribution in [0, 0.1) is 26.7 Å². The molecule has 0 aromatic heterocycles. The van der Waals surface area contributed by atoms with Gasteiger partial charge in [0.25, 0.3) is 15.9 Å². The van der Waals surface area contributed by atoms with E-state index in [4.69, 9.17) is 26.7 Å². The molecule has 1 aliphatic rings. The first kappa shape index (κ1) is 51.9. The van der Waals surface area contributed by atoms with Gasteiger partial charge in [-0.2, -0.15) is 0 Å². The van der Waals surface area contributed by atoms with Crippen molar-refractivity contribution in [2.75, 3.05) is 26.2 Å². The summed E-state index contributed by atoms with van der Waals surface area (Å²) < 4.78 is 43.3. The summed E-state index contributed by atoms with van der Waals surface area (Å²) >= 11 is 0. The van der Waals surface area contributed by atoms with Crippen LogP contribution in [0.25, 0.3) is 0 Å². The minimum Gasteiger partial charge on any atom is -0.487 e. The quantitative estimate of drug-likeness (QED) is 0.0332. The van der Waals surface area contributed by atoms with E-state index in [0.717, 1.165) is 5.56 Å². The van der Waals surface area contributed by atoms with Crippen LogP contribution >= 0.6 is 0 Å². The molecule has 18 heteroatoms. The lowest BCUT2D eigenvalue weighted by Gasteiger charge is -2.40. The van der Waals surface area contributed by atoms with Crippen molar-refractivity contribution in [1.29, 1.82) is 0 Å². The number of nitrogens with one attached hydrogen (secondary N) is 1. The smallest absolute Gasteiger partial charge is 0.322 e. The fourth-order valence-corrected chi connectivity index (χ4v) is 9.94. The van der Waals surface area contributed by atoms with Gasteiger partial charge in [-0.25, -0.2) is 12.7 Å². The van der Waals surface area contributed by atoms with Gasteiger partial charge in [0.15, 0.2) is 5.96 Å². The molecule has 1 heterocycles. The number of rotatable bonds is 24. The Hall–Kier alpha value is -5.49. The minimum atomic E-state index is -5.03. The maximum atomic E-state index is 15.7. The highest BCUT2D eigenvalue weighted by atomic mass is 32.2. The van der Waals surface area contributed by atoms with Crippen molar-refractivity contribution < 1.29 is 47.0 Å². The second-order valence-corrected chi connectivity index (χ2v) is 18.6. The van der Waals surface area contributed by atoms with Gasteiger partial charge in [0, 0.05) is 19.5 Å². The number of carboxylic acids is 1. The predicted molar refractivity (Wildman–Crippen MR) is 240 cm³/mol. The van der Waals surface area contributed by atoms with Crippen LogP contribution in [0.2, 0.25) is 0 Å². The molecule has 0 radical (unpaired) electrons. The zero-order chi connectivity index (χ0) is 47.2. The van der Waals surface area contributed by atoms with Crippen LogP contribution in [0.15, 0.2) is 52.9 Å². The molecule has 17 nitrogen and oxygen atoms in total. The number of ether oxygens (including phenoxy) is 2. The minimum absolute atomic E-state index is 0.00135. The fraction of sp³-hybridized carbons (Fsp3) is 0.556. The van der Waals surface area contributed by atoms with Gasteiger partial charge in [0.05, 0.1) is 10.9 Å². The first-order chi connectivity index (χ1) is 29.5. The summed E-state index contributed by atoms with van der Waals surface area (Å²) in [5.41, 5.74) is 19.8. The normalized spacial score (nSPS) is 14.6. The topological polar surface area (TPSA) is 267 Å². The second-order valence-electron chi connectivity index (χ2n) is 16.9. The molecule has 0 saturated carbocycles. The van der Waals surface area contributed by atoms with Gasteiger partial charge in [-0.3, -0.25) is 29.0 Å². The molecule has 2 aromatic rings. The molecule has 0 saturated heterocycles. The third-order valence-electron chi connectivity index (χ3n) is 11.1. The monoisotopic (exact) mass is 897 g/mol. The molecular weight excluding hydrogens is 831 g/mol. The molecule has 1 aliphatic heterocycles. The molecule has 8 N–H and O–H groups in total. The van der Waals surface area contributed by atoms with Crippen LogP contribution in [0.5, 0.6) is 5.75 Å². The van der Waals surface area contributed by atoms with Crippen LogP contribution < -0.4 is 27.3 Å². The Morgan fingerprint density at radius 2 is 1.67 bits per heavy atom. The zero-order valence-electron chi connectivity index (χ0n) is 37.8. The van der Waals surface area contributed by atoms with Crippen molar-refractivity contribution in [3.05, 3.63) is 70.8 Å². The van der Waals surface area contributed by atoms with Crippen molar-refractivity contribution in [1.82, 2.24) is 14.5 Å². The van der Waals surface area contributed by atoms with E-state index >= 15 is 13.2 Å². The number of carboxylic acid groups (broad SMARTS) is 1. The first-order valence-corrected chi connectivity index (χ1v) is 22.8. The van der Waals surface area contributed by atoms with Crippen molar-refractivity contribution in [3.8, 4) is 5.75 Å². The number of nitrogens with two attached hydrogens (primary N) is 3. The van der Waals surface area contributed by atoms with Crippen molar-refractivity contribution in [2.24, 2.45) is 28.1 Å². The van der Waals surface area contributed by atoms with Crippen LogP contribution in [0.4, 0.5) is 0 Å². The average molecular weight is 898 g/mol. The molecule has 0 spiro atoms. The van der Waals surface area contributed by atoms with Gasteiger partial charge in [-0.1, -0.05) is 63.3 Å². The number of fused-ring (bicyclic) bond motifs is 1. The Labute approximate surface area is 371 Å². The van der Waals surface area contributed by atoms with Gasteiger partial charge in [-0.05, 0) is 113 Å². The summed E-state index contributed by atoms with van der Waals surface area (Å²) in [7, 11) is -5.03. The fourth-order valence-electron chi connectivity index (χ4n) is 7.82. The van der Waals surface area contributed by atoms with Crippen molar-refractivity contribution in [3.63, 3.8) is 0 Å². The highest BCUT2D eigenvalue weighted by Gasteiger charge is 2.47. The van der Waals surface area contributed by atoms with Crippen molar-refractivity contribution in [2.45, 2.75) is 135 Å². The molecule has 0 unspecified atom stereocenters. The van der Waals surface area contributed by atoms with E-state index in [1.54, 1.807) is 46.8 Å². The summed E-state index contributed by atoms with van der Waals surface area (Å²) in [4.78, 5) is 73.5. The number of unbranched alkanes of at least 4 members (excludes halogenated alkanes) is 2. The van der Waals surface area contributed by atoms with Crippen LogP contribution in [-0.2, 0) is 51.6 Å². The maximum absolute atomic E-state index is 15.7. The Morgan fingerprint density at radius 3 is 2.27 bits per heavy atom. The van der Waals surface area contributed by atoms with E-state index in [1.165, 1.54) is 11.0 Å². The third-order valence-corrected chi connectivity index (χ3v) is 13.2. The second kappa shape index (κ2) is 23.3. The maximum Gasteiger partial charge on any atom is 0.322 e. The molecule has 3 amide bonds. The Balaban J connectivity index is 2.30. The Bertz CT molecular complexity index is 2100. The lowest BCUT2D eigenvalue weighted by Crippen LogP contribution is -2.62. The third kappa shape index (κ3) is 14.0.